The van der Waals surface area contributed by atoms with Gasteiger partial charge in [0.05, 0.1) is 20.4 Å². The van der Waals surface area contributed by atoms with Crippen LogP contribution in [0.3, 0.4) is 0 Å². The molecule has 26 heavy (non-hydrogen) atoms. The van der Waals surface area contributed by atoms with Gasteiger partial charge in [0, 0.05) is 11.3 Å². The minimum absolute atomic E-state index is 0.397. The molecule has 0 atom stereocenters. The smallest absolute Gasteiger partial charge is 0.249 e. The van der Waals surface area contributed by atoms with Crippen LogP contribution in [0.1, 0.15) is 12.0 Å². The summed E-state index contributed by atoms with van der Waals surface area (Å²) in [7, 11) is 3.01. The van der Waals surface area contributed by atoms with E-state index in [1.54, 1.807) is 18.2 Å². The number of methoxy groups -OCH3 is 2. The maximum atomic E-state index is 12.8. The molecule has 7 nitrogen and oxygen atoms in total. The number of anilines is 1. The summed E-state index contributed by atoms with van der Waals surface area (Å²) < 4.78 is 23.2. The number of carbonyl (C=O) groups is 2. The van der Waals surface area contributed by atoms with Gasteiger partial charge < -0.3 is 14.8 Å². The molecule has 0 saturated carbocycles. The van der Waals surface area contributed by atoms with Crippen molar-refractivity contribution in [3.8, 4) is 11.5 Å². The van der Waals surface area contributed by atoms with Crippen molar-refractivity contribution in [1.82, 2.24) is 5.43 Å². The fourth-order valence-corrected chi connectivity index (χ4v) is 2.11. The second-order valence-electron chi connectivity index (χ2n) is 5.11. The largest absolute Gasteiger partial charge is 0.493 e. The monoisotopic (exact) mass is 359 g/mol. The Kier molecular flexibility index (Phi) is 6.67. The average molecular weight is 359 g/mol. The molecule has 0 heterocycles. The number of hydrogen-bond donors (Lipinski definition) is 2. The van der Waals surface area contributed by atoms with Crippen LogP contribution in [0.4, 0.5) is 10.1 Å². The summed E-state index contributed by atoms with van der Waals surface area (Å²) in [4.78, 5) is 23.5. The SMILES string of the molecule is COc1cccc(C=NNC(=O)CC(=O)Nc2ccc(F)cc2)c1OC. The van der Waals surface area contributed by atoms with E-state index in [4.69, 9.17) is 9.47 Å². The van der Waals surface area contributed by atoms with Gasteiger partial charge in [-0.25, -0.2) is 9.82 Å². The number of hydrogen-bond acceptors (Lipinski definition) is 5. The molecule has 136 valence electrons. The molecular formula is C18H18FN3O4. The van der Waals surface area contributed by atoms with Crippen molar-refractivity contribution in [3.63, 3.8) is 0 Å². The zero-order chi connectivity index (χ0) is 18.9. The molecule has 0 spiro atoms. The molecule has 0 aliphatic heterocycles. The quantitative estimate of drug-likeness (QED) is 0.451. The Labute approximate surface area is 149 Å². The maximum Gasteiger partial charge on any atom is 0.249 e. The average Bonchev–Trinajstić information content (AvgIpc) is 2.63. The van der Waals surface area contributed by atoms with E-state index in [0.717, 1.165) is 0 Å². The third-order valence-electron chi connectivity index (χ3n) is 3.28. The molecule has 2 amide bonds. The fourth-order valence-electron chi connectivity index (χ4n) is 2.11. The highest BCUT2D eigenvalue weighted by atomic mass is 19.1. The Balaban J connectivity index is 1.89. The van der Waals surface area contributed by atoms with E-state index in [1.165, 1.54) is 44.7 Å². The molecule has 0 bridgehead atoms. The Bertz CT molecular complexity index is 807. The van der Waals surface area contributed by atoms with Gasteiger partial charge >= 0.3 is 0 Å². The van der Waals surface area contributed by atoms with Crippen LogP contribution in [-0.4, -0.2) is 32.2 Å². The summed E-state index contributed by atoms with van der Waals surface area (Å²) in [5.74, 6) is -0.544. The normalized spacial score (nSPS) is 10.4. The Morgan fingerprint density at radius 3 is 2.46 bits per heavy atom. The van der Waals surface area contributed by atoms with Crippen LogP contribution in [0.2, 0.25) is 0 Å². The summed E-state index contributed by atoms with van der Waals surface area (Å²) in [6, 6.07) is 10.4. The number of para-hydroxylation sites is 1. The van der Waals surface area contributed by atoms with Gasteiger partial charge in [-0.3, -0.25) is 9.59 Å². The van der Waals surface area contributed by atoms with E-state index >= 15 is 0 Å². The van der Waals surface area contributed by atoms with Crippen LogP contribution in [0.15, 0.2) is 47.6 Å². The van der Waals surface area contributed by atoms with Crippen LogP contribution >= 0.6 is 0 Å². The molecule has 2 aromatic carbocycles. The lowest BCUT2D eigenvalue weighted by molar-refractivity contribution is -0.126. The molecule has 2 rings (SSSR count). The first-order chi connectivity index (χ1) is 12.5. The summed E-state index contributed by atoms with van der Waals surface area (Å²) in [6.07, 6.45) is 0.959. The summed E-state index contributed by atoms with van der Waals surface area (Å²) in [6.45, 7) is 0. The Morgan fingerprint density at radius 2 is 1.81 bits per heavy atom. The second kappa shape index (κ2) is 9.16. The highest BCUT2D eigenvalue weighted by Crippen LogP contribution is 2.29. The van der Waals surface area contributed by atoms with E-state index in [2.05, 4.69) is 15.8 Å². The van der Waals surface area contributed by atoms with Crippen molar-refractivity contribution in [3.05, 3.63) is 53.8 Å². The molecule has 0 aromatic heterocycles. The molecule has 2 aromatic rings. The lowest BCUT2D eigenvalue weighted by Crippen LogP contribution is -2.24. The van der Waals surface area contributed by atoms with Gasteiger partial charge in [0.25, 0.3) is 0 Å². The first-order valence-corrected chi connectivity index (χ1v) is 7.61. The first kappa shape index (κ1) is 18.9. The Hall–Kier alpha value is -3.42. The maximum absolute atomic E-state index is 12.8. The third kappa shape index (κ3) is 5.30. The minimum atomic E-state index is -0.595. The predicted octanol–water partition coefficient (Wildman–Crippen LogP) is 2.32. The molecule has 0 radical (unpaired) electrons. The number of hydrazone groups is 1. The molecule has 2 N–H and O–H groups in total. The number of benzene rings is 2. The molecule has 0 fully saturated rings. The first-order valence-electron chi connectivity index (χ1n) is 7.61. The molecular weight excluding hydrogens is 341 g/mol. The van der Waals surface area contributed by atoms with Gasteiger partial charge in [0.1, 0.15) is 12.2 Å². The topological polar surface area (TPSA) is 89.0 Å². The third-order valence-corrected chi connectivity index (χ3v) is 3.28. The van der Waals surface area contributed by atoms with Crippen LogP contribution in [0, 0.1) is 5.82 Å². The van der Waals surface area contributed by atoms with Gasteiger partial charge in [0.2, 0.25) is 11.8 Å². The van der Waals surface area contributed by atoms with Crippen LogP contribution in [0.25, 0.3) is 0 Å². The number of rotatable bonds is 7. The van der Waals surface area contributed by atoms with Crippen LogP contribution in [0.5, 0.6) is 11.5 Å². The zero-order valence-electron chi connectivity index (χ0n) is 14.3. The van der Waals surface area contributed by atoms with Crippen molar-refractivity contribution < 1.29 is 23.5 Å². The molecule has 8 heteroatoms. The van der Waals surface area contributed by atoms with Crippen molar-refractivity contribution in [1.29, 1.82) is 0 Å². The van der Waals surface area contributed by atoms with Crippen molar-refractivity contribution >= 4 is 23.7 Å². The van der Waals surface area contributed by atoms with Gasteiger partial charge in [0.15, 0.2) is 11.5 Å². The highest BCUT2D eigenvalue weighted by molar-refractivity contribution is 6.03. The summed E-state index contributed by atoms with van der Waals surface area (Å²) in [5, 5.41) is 6.29. The molecule has 0 aliphatic rings. The lowest BCUT2D eigenvalue weighted by Gasteiger charge is -2.09. The van der Waals surface area contributed by atoms with Crippen molar-refractivity contribution in [2.45, 2.75) is 6.42 Å². The van der Waals surface area contributed by atoms with Gasteiger partial charge in [-0.15, -0.1) is 0 Å². The number of nitrogens with zero attached hydrogens (tertiary/aromatic N) is 1. The van der Waals surface area contributed by atoms with Crippen LogP contribution < -0.4 is 20.2 Å². The van der Waals surface area contributed by atoms with Crippen molar-refractivity contribution in [2.75, 3.05) is 19.5 Å². The zero-order valence-corrected chi connectivity index (χ0v) is 14.3. The van der Waals surface area contributed by atoms with Crippen molar-refractivity contribution in [2.24, 2.45) is 5.10 Å². The predicted molar refractivity (Wildman–Crippen MR) is 94.9 cm³/mol. The van der Waals surface area contributed by atoms with E-state index in [1.807, 2.05) is 0 Å². The van der Waals surface area contributed by atoms with E-state index in [9.17, 15) is 14.0 Å². The molecule has 0 aliphatic carbocycles. The van der Waals surface area contributed by atoms with E-state index in [-0.39, 0.29) is 0 Å². The fraction of sp³-hybridized carbons (Fsp3) is 0.167. The lowest BCUT2D eigenvalue weighted by atomic mass is 10.2. The number of amides is 2. The standard InChI is InChI=1S/C18H18FN3O4/c1-25-15-5-3-4-12(18(15)26-2)11-20-22-17(24)10-16(23)21-14-8-6-13(19)7-9-14/h3-9,11H,10H2,1-2H3,(H,21,23)(H,22,24). The number of carbonyl (C=O) groups excluding carboxylic acids is 2. The highest BCUT2D eigenvalue weighted by Gasteiger charge is 2.10. The summed E-state index contributed by atoms with van der Waals surface area (Å²) >= 11 is 0. The molecule has 0 unspecified atom stereocenters. The summed E-state index contributed by atoms with van der Waals surface area (Å²) in [5.41, 5.74) is 3.26. The Morgan fingerprint density at radius 1 is 1.08 bits per heavy atom. The number of halogens is 1. The minimum Gasteiger partial charge on any atom is -0.493 e. The van der Waals surface area contributed by atoms with Gasteiger partial charge in [-0.05, 0) is 36.4 Å². The number of nitrogens with one attached hydrogen (secondary N) is 2. The van der Waals surface area contributed by atoms with Crippen LogP contribution in [-0.2, 0) is 9.59 Å². The second-order valence-corrected chi connectivity index (χ2v) is 5.11. The van der Waals surface area contributed by atoms with Gasteiger partial charge in [-0.1, -0.05) is 6.07 Å². The van der Waals surface area contributed by atoms with E-state index in [0.29, 0.717) is 22.7 Å². The van der Waals surface area contributed by atoms with E-state index < -0.39 is 24.1 Å². The number of ether oxygens (including phenoxy) is 2. The van der Waals surface area contributed by atoms with Gasteiger partial charge in [-0.2, -0.15) is 5.10 Å². The molecule has 0 saturated heterocycles.